The average Bonchev–Trinajstić information content (AvgIpc) is 3.31. The normalized spacial score (nSPS) is 14.9. The average molecular weight is 477 g/mol. The molecule has 1 saturated heterocycles. The van der Waals surface area contributed by atoms with E-state index in [-0.39, 0.29) is 16.7 Å². The molecule has 3 aromatic rings. The van der Waals surface area contributed by atoms with Crippen LogP contribution in [0.2, 0.25) is 5.02 Å². The predicted molar refractivity (Wildman–Crippen MR) is 117 cm³/mol. The Bertz CT molecular complexity index is 1170. The van der Waals surface area contributed by atoms with E-state index >= 15 is 0 Å². The molecule has 1 amide bonds. The van der Waals surface area contributed by atoms with Gasteiger partial charge in [0.2, 0.25) is 15.9 Å². The van der Waals surface area contributed by atoms with Crippen molar-refractivity contribution in [1.82, 2.24) is 19.8 Å². The number of hydrogen-bond acceptors (Lipinski definition) is 7. The lowest BCUT2D eigenvalue weighted by molar-refractivity contribution is 0.0730. The number of sulfonamides is 1. The number of hydrogen-bond donors (Lipinski definition) is 1. The summed E-state index contributed by atoms with van der Waals surface area (Å²) >= 11 is 5.86. The van der Waals surface area contributed by atoms with Gasteiger partial charge in [-0.25, -0.2) is 8.42 Å². The first kappa shape index (κ1) is 22.4. The minimum absolute atomic E-state index is 0.128. The molecule has 1 aliphatic heterocycles. The minimum Gasteiger partial charge on any atom is -0.412 e. The molecule has 0 bridgehead atoms. The number of carbonyl (C=O) groups excluding carboxylic acids is 1. The van der Waals surface area contributed by atoms with E-state index in [9.17, 15) is 13.2 Å². The Balaban J connectivity index is 1.37. The lowest BCUT2D eigenvalue weighted by Crippen LogP contribution is -2.40. The lowest BCUT2D eigenvalue weighted by atomic mass is 10.1. The van der Waals surface area contributed by atoms with Crippen molar-refractivity contribution in [3.63, 3.8) is 0 Å². The molecule has 2 aromatic carbocycles. The molecule has 4 rings (SSSR count). The van der Waals surface area contributed by atoms with E-state index in [0.29, 0.717) is 49.9 Å². The Morgan fingerprint density at radius 3 is 2.41 bits per heavy atom. The van der Waals surface area contributed by atoms with Gasteiger partial charge in [-0.15, -0.1) is 10.2 Å². The maximum Gasteiger partial charge on any atom is 0.308 e. The van der Waals surface area contributed by atoms with Crippen LogP contribution in [-0.2, 0) is 21.2 Å². The Morgan fingerprint density at radius 2 is 1.72 bits per heavy atom. The first-order valence-electron chi connectivity index (χ1n) is 9.98. The third kappa shape index (κ3) is 5.16. The zero-order valence-electron chi connectivity index (χ0n) is 17.0. The van der Waals surface area contributed by atoms with Crippen LogP contribution in [0.4, 0.5) is 0 Å². The fraction of sp³-hybridized carbons (Fsp3) is 0.286. The van der Waals surface area contributed by atoms with Crippen molar-refractivity contribution in [1.29, 1.82) is 0 Å². The number of aromatic nitrogens is 2. The van der Waals surface area contributed by atoms with Crippen molar-refractivity contribution in [3.05, 3.63) is 65.0 Å². The molecule has 9 nitrogen and oxygen atoms in total. The minimum atomic E-state index is -3.59. The molecule has 0 unspecified atom stereocenters. The van der Waals surface area contributed by atoms with Crippen LogP contribution < -0.4 is 5.32 Å². The molecular formula is C21H21ClN4O5S. The number of morpholine rings is 1. The Kier molecular flexibility index (Phi) is 6.85. The second-order valence-electron chi connectivity index (χ2n) is 7.09. The Hall–Kier alpha value is -2.79. The number of carbonyl (C=O) groups is 1. The van der Waals surface area contributed by atoms with Crippen LogP contribution in [0, 0.1) is 0 Å². The lowest BCUT2D eigenvalue weighted by Gasteiger charge is -2.26. The van der Waals surface area contributed by atoms with Gasteiger partial charge >= 0.3 is 11.8 Å². The molecule has 1 N–H and O–H groups in total. The summed E-state index contributed by atoms with van der Waals surface area (Å²) in [6.45, 7) is 1.80. The standard InChI is InChI=1S/C21H21ClN4O5S/c22-17-5-1-15(2-6-17)9-10-23-19(27)21-25-24-20(31-21)16-3-7-18(8-4-16)32(28,29)26-11-13-30-14-12-26/h1-8H,9-14H2,(H,23,27). The molecule has 1 aromatic heterocycles. The van der Waals surface area contributed by atoms with Gasteiger partial charge in [-0.05, 0) is 48.4 Å². The highest BCUT2D eigenvalue weighted by Gasteiger charge is 2.26. The number of rotatable bonds is 7. The summed E-state index contributed by atoms with van der Waals surface area (Å²) in [5.41, 5.74) is 1.55. The van der Waals surface area contributed by atoms with Gasteiger partial charge in [0.05, 0.1) is 18.1 Å². The second kappa shape index (κ2) is 9.78. The third-order valence-corrected chi connectivity index (χ3v) is 7.11. The topological polar surface area (TPSA) is 115 Å². The van der Waals surface area contributed by atoms with Crippen molar-refractivity contribution in [2.45, 2.75) is 11.3 Å². The molecule has 0 spiro atoms. The molecule has 11 heteroatoms. The molecule has 2 heterocycles. The van der Waals surface area contributed by atoms with E-state index in [1.54, 1.807) is 24.3 Å². The quantitative estimate of drug-likeness (QED) is 0.556. The molecule has 32 heavy (non-hydrogen) atoms. The summed E-state index contributed by atoms with van der Waals surface area (Å²) in [5, 5.41) is 11.1. The highest BCUT2D eigenvalue weighted by Crippen LogP contribution is 2.23. The van der Waals surface area contributed by atoms with Gasteiger partial charge in [-0.3, -0.25) is 4.79 Å². The number of amides is 1. The summed E-state index contributed by atoms with van der Waals surface area (Å²) < 4.78 is 37.5. The van der Waals surface area contributed by atoms with E-state index in [1.807, 2.05) is 12.1 Å². The fourth-order valence-corrected chi connectivity index (χ4v) is 4.72. The van der Waals surface area contributed by atoms with E-state index in [1.165, 1.54) is 16.4 Å². The molecule has 1 fully saturated rings. The maximum atomic E-state index is 12.7. The zero-order chi connectivity index (χ0) is 22.6. The summed E-state index contributed by atoms with van der Waals surface area (Å²) in [5.74, 6) is -0.520. The fourth-order valence-electron chi connectivity index (χ4n) is 3.18. The molecule has 0 saturated carbocycles. The summed E-state index contributed by atoms with van der Waals surface area (Å²) in [7, 11) is -3.59. The van der Waals surface area contributed by atoms with E-state index < -0.39 is 15.9 Å². The van der Waals surface area contributed by atoms with E-state index in [2.05, 4.69) is 15.5 Å². The van der Waals surface area contributed by atoms with Crippen molar-refractivity contribution >= 4 is 27.5 Å². The van der Waals surface area contributed by atoms with Gasteiger partial charge in [-0.2, -0.15) is 4.31 Å². The number of nitrogens with zero attached hydrogens (tertiary/aromatic N) is 3. The highest BCUT2D eigenvalue weighted by molar-refractivity contribution is 7.89. The largest absolute Gasteiger partial charge is 0.412 e. The van der Waals surface area contributed by atoms with Crippen LogP contribution in [0.25, 0.3) is 11.5 Å². The van der Waals surface area contributed by atoms with Crippen LogP contribution in [-0.4, -0.2) is 61.7 Å². The molecule has 0 atom stereocenters. The molecular weight excluding hydrogens is 456 g/mol. The summed E-state index contributed by atoms with van der Waals surface area (Å²) in [4.78, 5) is 12.4. The maximum absolute atomic E-state index is 12.7. The van der Waals surface area contributed by atoms with Gasteiger partial charge in [0, 0.05) is 30.2 Å². The smallest absolute Gasteiger partial charge is 0.308 e. The Labute approximate surface area is 190 Å². The predicted octanol–water partition coefficient (Wildman–Crippen LogP) is 2.38. The highest BCUT2D eigenvalue weighted by atomic mass is 35.5. The monoisotopic (exact) mass is 476 g/mol. The summed E-state index contributed by atoms with van der Waals surface area (Å²) in [6, 6.07) is 13.5. The van der Waals surface area contributed by atoms with Gasteiger partial charge < -0.3 is 14.5 Å². The van der Waals surface area contributed by atoms with Gasteiger partial charge in [0.1, 0.15) is 0 Å². The third-order valence-electron chi connectivity index (χ3n) is 4.94. The Morgan fingerprint density at radius 1 is 1.03 bits per heavy atom. The second-order valence-corrected chi connectivity index (χ2v) is 9.46. The van der Waals surface area contributed by atoms with Gasteiger partial charge in [-0.1, -0.05) is 23.7 Å². The summed E-state index contributed by atoms with van der Waals surface area (Å²) in [6.07, 6.45) is 0.628. The van der Waals surface area contributed by atoms with Crippen molar-refractivity contribution in [2.75, 3.05) is 32.8 Å². The SMILES string of the molecule is O=C(NCCc1ccc(Cl)cc1)c1nnc(-c2ccc(S(=O)(=O)N3CCOCC3)cc2)o1. The molecule has 1 aliphatic rings. The zero-order valence-corrected chi connectivity index (χ0v) is 18.6. The number of ether oxygens (including phenoxy) is 1. The van der Waals surface area contributed by atoms with Crippen LogP contribution in [0.3, 0.4) is 0 Å². The first-order valence-corrected chi connectivity index (χ1v) is 11.8. The van der Waals surface area contributed by atoms with Crippen LogP contribution in [0.15, 0.2) is 57.8 Å². The molecule has 168 valence electrons. The number of halogens is 1. The van der Waals surface area contributed by atoms with Gasteiger partial charge in [0.15, 0.2) is 0 Å². The first-order chi connectivity index (χ1) is 15.4. The van der Waals surface area contributed by atoms with E-state index in [0.717, 1.165) is 5.56 Å². The number of benzene rings is 2. The van der Waals surface area contributed by atoms with Crippen LogP contribution in [0.1, 0.15) is 16.2 Å². The van der Waals surface area contributed by atoms with E-state index in [4.69, 9.17) is 20.8 Å². The van der Waals surface area contributed by atoms with Crippen molar-refractivity contribution in [3.8, 4) is 11.5 Å². The van der Waals surface area contributed by atoms with Crippen LogP contribution in [0.5, 0.6) is 0 Å². The number of nitrogens with one attached hydrogen (secondary N) is 1. The van der Waals surface area contributed by atoms with Crippen LogP contribution >= 0.6 is 11.6 Å². The van der Waals surface area contributed by atoms with Crippen molar-refractivity contribution < 1.29 is 22.4 Å². The molecule has 0 aliphatic carbocycles. The van der Waals surface area contributed by atoms with Gasteiger partial charge in [0.25, 0.3) is 0 Å². The molecule has 0 radical (unpaired) electrons. The van der Waals surface area contributed by atoms with Crippen molar-refractivity contribution in [2.24, 2.45) is 0 Å².